The molecule has 0 aromatic rings. The molecule has 2 atom stereocenters. The highest BCUT2D eigenvalue weighted by Crippen LogP contribution is 2.30. The van der Waals surface area contributed by atoms with Crippen LogP contribution in [-0.4, -0.2) is 58.0 Å². The van der Waals surface area contributed by atoms with Crippen LogP contribution in [0.2, 0.25) is 0 Å². The van der Waals surface area contributed by atoms with Crippen LogP contribution < -0.4 is 5.32 Å². The van der Waals surface area contributed by atoms with Gasteiger partial charge in [-0.05, 0) is 34.1 Å². The van der Waals surface area contributed by atoms with E-state index in [-0.39, 0.29) is 19.5 Å². The molecule has 8 heteroatoms. The van der Waals surface area contributed by atoms with E-state index in [0.29, 0.717) is 0 Å². The predicted octanol–water partition coefficient (Wildman–Crippen LogP) is 1.35. The zero-order chi connectivity index (χ0) is 16.4. The van der Waals surface area contributed by atoms with Crippen LogP contribution in [0.3, 0.4) is 0 Å². The number of hydrogen-bond donors (Lipinski definition) is 3. The number of rotatable bonds is 2. The van der Waals surface area contributed by atoms with Gasteiger partial charge in [-0.2, -0.15) is 0 Å². The molecule has 21 heavy (non-hydrogen) atoms. The summed E-state index contributed by atoms with van der Waals surface area (Å²) in [7, 11) is 0. The number of nitrogens with one attached hydrogen (secondary N) is 1. The van der Waals surface area contributed by atoms with Gasteiger partial charge in [-0.15, -0.1) is 0 Å². The number of amides is 2. The van der Waals surface area contributed by atoms with Gasteiger partial charge in [0.1, 0.15) is 5.60 Å². The van der Waals surface area contributed by atoms with Gasteiger partial charge in [-0.1, -0.05) is 0 Å². The first-order valence-electron chi connectivity index (χ1n) is 6.64. The van der Waals surface area contributed by atoms with Gasteiger partial charge < -0.3 is 25.2 Å². The highest BCUT2D eigenvalue weighted by atomic mass is 16.6. The molecule has 1 saturated heterocycles. The van der Waals surface area contributed by atoms with Gasteiger partial charge in [0.05, 0.1) is 11.5 Å². The quantitative estimate of drug-likeness (QED) is 0.709. The summed E-state index contributed by atoms with van der Waals surface area (Å²) in [6.07, 6.45) is -1.75. The largest absolute Gasteiger partial charge is 0.481 e. The number of alkyl carbamates (subject to hydrolysis) is 1. The van der Waals surface area contributed by atoms with E-state index >= 15 is 0 Å². The SMILES string of the molecule is CC(C)(C)OC(=O)NC1CN(C(=O)O)CC(C)(C(=O)O)C1. The summed E-state index contributed by atoms with van der Waals surface area (Å²) < 4.78 is 5.10. The van der Waals surface area contributed by atoms with Crippen molar-refractivity contribution in [3.63, 3.8) is 0 Å². The molecule has 0 spiro atoms. The van der Waals surface area contributed by atoms with Crippen LogP contribution in [0.25, 0.3) is 0 Å². The molecule has 2 amide bonds. The van der Waals surface area contributed by atoms with Crippen LogP contribution >= 0.6 is 0 Å². The van der Waals surface area contributed by atoms with E-state index < -0.39 is 35.2 Å². The average molecular weight is 302 g/mol. The summed E-state index contributed by atoms with van der Waals surface area (Å²) in [4.78, 5) is 35.2. The van der Waals surface area contributed by atoms with Gasteiger partial charge in [0.15, 0.2) is 0 Å². The molecule has 0 aromatic carbocycles. The fraction of sp³-hybridized carbons (Fsp3) is 0.769. The van der Waals surface area contributed by atoms with Gasteiger partial charge >= 0.3 is 18.2 Å². The topological polar surface area (TPSA) is 116 Å². The average Bonchev–Trinajstić information content (AvgIpc) is 2.24. The second kappa shape index (κ2) is 5.79. The summed E-state index contributed by atoms with van der Waals surface area (Å²) >= 11 is 0. The molecule has 8 nitrogen and oxygen atoms in total. The Balaban J connectivity index is 2.79. The number of piperidine rings is 1. The third kappa shape index (κ3) is 4.80. The van der Waals surface area contributed by atoms with Crippen molar-refractivity contribution in [1.82, 2.24) is 10.2 Å². The van der Waals surface area contributed by atoms with Gasteiger partial charge in [-0.25, -0.2) is 9.59 Å². The zero-order valence-corrected chi connectivity index (χ0v) is 12.7. The van der Waals surface area contributed by atoms with Crippen molar-refractivity contribution in [2.45, 2.75) is 45.8 Å². The number of carboxylic acids is 1. The Morgan fingerprint density at radius 3 is 2.29 bits per heavy atom. The fourth-order valence-corrected chi connectivity index (χ4v) is 2.30. The molecule has 0 aromatic heterocycles. The lowest BCUT2D eigenvalue weighted by Gasteiger charge is -2.40. The third-order valence-electron chi connectivity index (χ3n) is 3.19. The Kier molecular flexibility index (Phi) is 4.70. The van der Waals surface area contributed by atoms with Crippen LogP contribution in [-0.2, 0) is 9.53 Å². The summed E-state index contributed by atoms with van der Waals surface area (Å²) in [5.74, 6) is -1.09. The number of nitrogens with zero attached hydrogens (tertiary/aromatic N) is 1. The van der Waals surface area contributed by atoms with Gasteiger partial charge in [0.2, 0.25) is 0 Å². The predicted molar refractivity (Wildman–Crippen MR) is 73.1 cm³/mol. The lowest BCUT2D eigenvalue weighted by atomic mass is 9.80. The maximum absolute atomic E-state index is 11.7. The van der Waals surface area contributed by atoms with E-state index in [1.54, 1.807) is 20.8 Å². The standard InChI is InChI=1S/C13H22N2O6/c1-12(2,3)21-10(18)14-8-5-13(4,9(16)17)7-15(6-8)11(19)20/h8H,5-7H2,1-4H3,(H,14,18)(H,16,17)(H,19,20). The van der Waals surface area contributed by atoms with Gasteiger partial charge in [0, 0.05) is 13.1 Å². The van der Waals surface area contributed by atoms with Gasteiger partial charge in [-0.3, -0.25) is 4.79 Å². The van der Waals surface area contributed by atoms with Crippen LogP contribution in [0.1, 0.15) is 34.1 Å². The van der Waals surface area contributed by atoms with E-state index in [1.807, 2.05) is 0 Å². The highest BCUT2D eigenvalue weighted by molar-refractivity contribution is 5.77. The van der Waals surface area contributed by atoms with E-state index in [4.69, 9.17) is 9.84 Å². The first-order valence-corrected chi connectivity index (χ1v) is 6.64. The first kappa shape index (κ1) is 17.1. The number of carbonyl (C=O) groups excluding carboxylic acids is 1. The number of carboxylic acid groups (broad SMARTS) is 2. The molecule has 1 fully saturated rings. The molecule has 0 bridgehead atoms. The fourth-order valence-electron chi connectivity index (χ4n) is 2.30. The molecule has 2 unspecified atom stereocenters. The minimum absolute atomic E-state index is 0.0391. The Labute approximate surface area is 123 Å². The van der Waals surface area contributed by atoms with E-state index in [0.717, 1.165) is 4.90 Å². The smallest absolute Gasteiger partial charge is 0.407 e. The number of carbonyl (C=O) groups is 3. The van der Waals surface area contributed by atoms with Crippen molar-refractivity contribution in [2.24, 2.45) is 5.41 Å². The summed E-state index contributed by atoms with van der Waals surface area (Å²) in [6.45, 7) is 6.52. The molecule has 120 valence electrons. The number of likely N-dealkylation sites (tertiary alicyclic amines) is 1. The lowest BCUT2D eigenvalue weighted by Crippen LogP contribution is -2.58. The maximum atomic E-state index is 11.7. The molecule has 0 radical (unpaired) electrons. The third-order valence-corrected chi connectivity index (χ3v) is 3.19. The Morgan fingerprint density at radius 2 is 1.86 bits per heavy atom. The number of ether oxygens (including phenoxy) is 1. The Morgan fingerprint density at radius 1 is 1.29 bits per heavy atom. The van der Waals surface area contributed by atoms with Crippen LogP contribution in [0.15, 0.2) is 0 Å². The van der Waals surface area contributed by atoms with Crippen molar-refractivity contribution in [3.05, 3.63) is 0 Å². The van der Waals surface area contributed by atoms with Crippen molar-refractivity contribution in [1.29, 1.82) is 0 Å². The van der Waals surface area contributed by atoms with Crippen molar-refractivity contribution >= 4 is 18.2 Å². The van der Waals surface area contributed by atoms with Crippen LogP contribution in [0, 0.1) is 5.41 Å². The first-order chi connectivity index (χ1) is 9.43. The Bertz CT molecular complexity index is 444. The molecule has 1 rings (SSSR count). The summed E-state index contributed by atoms with van der Waals surface area (Å²) in [6, 6.07) is -0.606. The van der Waals surface area contributed by atoms with Crippen LogP contribution in [0.4, 0.5) is 9.59 Å². The number of aliphatic carboxylic acids is 1. The second-order valence-corrected chi connectivity index (χ2v) is 6.58. The van der Waals surface area contributed by atoms with Crippen molar-refractivity contribution in [3.8, 4) is 0 Å². The van der Waals surface area contributed by atoms with Gasteiger partial charge in [0.25, 0.3) is 0 Å². The molecule has 1 heterocycles. The lowest BCUT2D eigenvalue weighted by molar-refractivity contribution is -0.151. The van der Waals surface area contributed by atoms with Crippen LogP contribution in [0.5, 0.6) is 0 Å². The molecule has 1 aliphatic rings. The molecular formula is C13H22N2O6. The molecule has 1 aliphatic heterocycles. The summed E-state index contributed by atoms with van der Waals surface area (Å²) in [5, 5.41) is 20.9. The van der Waals surface area contributed by atoms with E-state index in [2.05, 4.69) is 5.32 Å². The second-order valence-electron chi connectivity index (χ2n) is 6.58. The monoisotopic (exact) mass is 302 g/mol. The maximum Gasteiger partial charge on any atom is 0.407 e. The van der Waals surface area contributed by atoms with E-state index in [9.17, 15) is 19.5 Å². The normalized spacial score (nSPS) is 26.1. The highest BCUT2D eigenvalue weighted by Gasteiger charge is 2.44. The minimum atomic E-state index is -1.24. The van der Waals surface area contributed by atoms with Crippen molar-refractivity contribution in [2.75, 3.05) is 13.1 Å². The molecular weight excluding hydrogens is 280 g/mol. The summed E-state index contributed by atoms with van der Waals surface area (Å²) in [5.41, 5.74) is -1.92. The minimum Gasteiger partial charge on any atom is -0.481 e. The zero-order valence-electron chi connectivity index (χ0n) is 12.7. The Hall–Kier alpha value is -1.99. The van der Waals surface area contributed by atoms with E-state index in [1.165, 1.54) is 6.92 Å². The molecule has 0 aliphatic carbocycles. The molecule has 3 N–H and O–H groups in total. The van der Waals surface area contributed by atoms with Crippen molar-refractivity contribution < 1.29 is 29.3 Å². The number of hydrogen-bond acceptors (Lipinski definition) is 4. The molecule has 0 saturated carbocycles.